The van der Waals surface area contributed by atoms with Crippen molar-refractivity contribution >= 4 is 22.0 Å². The average molecular weight is 492 g/mol. The summed E-state index contributed by atoms with van der Waals surface area (Å²) in [5.74, 6) is 0.0476. The SMILES string of the molecule is COC(=O)N[C@@H](C(C)C)C(O)N1CCC[C@H]1c1[nH]c(-c2ccc(Br)cc2)c2c1COC2. The van der Waals surface area contributed by atoms with Gasteiger partial charge in [-0.25, -0.2) is 4.79 Å². The molecular formula is C23H30BrN3O4. The first kappa shape index (κ1) is 22.3. The molecule has 0 spiro atoms. The number of alkyl carbamates (subject to hydrolysis) is 1. The Bertz CT molecular complexity index is 928. The molecule has 4 rings (SSSR count). The molecule has 0 saturated carbocycles. The van der Waals surface area contributed by atoms with Gasteiger partial charge < -0.3 is 24.9 Å². The molecule has 168 valence electrons. The Morgan fingerprint density at radius 1 is 1.29 bits per heavy atom. The normalized spacial score (nSPS) is 20.6. The average Bonchev–Trinajstić information content (AvgIpc) is 3.48. The van der Waals surface area contributed by atoms with E-state index >= 15 is 0 Å². The zero-order chi connectivity index (χ0) is 22.1. The highest BCUT2D eigenvalue weighted by Crippen LogP contribution is 2.42. The highest BCUT2D eigenvalue weighted by Gasteiger charge is 2.40. The number of likely N-dealkylation sites (tertiary alicyclic amines) is 1. The highest BCUT2D eigenvalue weighted by molar-refractivity contribution is 9.10. The van der Waals surface area contributed by atoms with Crippen molar-refractivity contribution in [3.05, 3.63) is 45.6 Å². The molecule has 7 nitrogen and oxygen atoms in total. The number of aliphatic hydroxyl groups is 1. The Morgan fingerprint density at radius 2 is 2.00 bits per heavy atom. The molecule has 1 aromatic carbocycles. The summed E-state index contributed by atoms with van der Waals surface area (Å²) >= 11 is 3.50. The summed E-state index contributed by atoms with van der Waals surface area (Å²) in [5, 5.41) is 14.1. The summed E-state index contributed by atoms with van der Waals surface area (Å²) in [6.45, 7) is 5.90. The lowest BCUT2D eigenvalue weighted by molar-refractivity contribution is -0.0435. The molecule has 0 bridgehead atoms. The van der Waals surface area contributed by atoms with Crippen LogP contribution in [0.15, 0.2) is 28.7 Å². The molecule has 3 atom stereocenters. The van der Waals surface area contributed by atoms with E-state index in [4.69, 9.17) is 9.47 Å². The van der Waals surface area contributed by atoms with Gasteiger partial charge in [-0.3, -0.25) is 4.90 Å². The van der Waals surface area contributed by atoms with Crippen molar-refractivity contribution in [3.63, 3.8) is 0 Å². The quantitative estimate of drug-likeness (QED) is 0.560. The van der Waals surface area contributed by atoms with Crippen LogP contribution in [0.4, 0.5) is 4.79 Å². The van der Waals surface area contributed by atoms with Crippen LogP contribution in [-0.2, 0) is 22.7 Å². The molecule has 1 saturated heterocycles. The number of nitrogens with one attached hydrogen (secondary N) is 2. The van der Waals surface area contributed by atoms with E-state index in [1.807, 2.05) is 26.0 Å². The number of aromatic nitrogens is 1. The third-order valence-corrected chi connectivity index (χ3v) is 6.88. The number of hydrogen-bond donors (Lipinski definition) is 3. The number of H-pyrrole nitrogens is 1. The van der Waals surface area contributed by atoms with E-state index in [1.54, 1.807) is 0 Å². The lowest BCUT2D eigenvalue weighted by Crippen LogP contribution is -2.54. The molecule has 1 unspecified atom stereocenters. The number of hydrogen-bond acceptors (Lipinski definition) is 5. The van der Waals surface area contributed by atoms with E-state index in [-0.39, 0.29) is 12.0 Å². The Morgan fingerprint density at radius 3 is 2.68 bits per heavy atom. The minimum Gasteiger partial charge on any atom is -0.453 e. The molecule has 2 aliphatic heterocycles. The second-order valence-corrected chi connectivity index (χ2v) is 9.50. The summed E-state index contributed by atoms with van der Waals surface area (Å²) in [6, 6.07) is 7.86. The van der Waals surface area contributed by atoms with Gasteiger partial charge in [0.1, 0.15) is 6.23 Å². The number of aromatic amines is 1. The van der Waals surface area contributed by atoms with Gasteiger partial charge in [0.05, 0.1) is 38.1 Å². The van der Waals surface area contributed by atoms with E-state index in [9.17, 15) is 9.90 Å². The summed E-state index contributed by atoms with van der Waals surface area (Å²) in [5.41, 5.74) is 5.72. The van der Waals surface area contributed by atoms with Crippen LogP contribution in [-0.4, -0.2) is 47.0 Å². The Kier molecular flexibility index (Phi) is 6.71. The molecule has 2 aliphatic rings. The number of ether oxygens (including phenoxy) is 2. The maximum atomic E-state index is 11.8. The molecule has 1 fully saturated rings. The van der Waals surface area contributed by atoms with Crippen LogP contribution in [0, 0.1) is 5.92 Å². The van der Waals surface area contributed by atoms with Crippen molar-refractivity contribution in [1.82, 2.24) is 15.2 Å². The van der Waals surface area contributed by atoms with Gasteiger partial charge >= 0.3 is 6.09 Å². The molecule has 0 radical (unpaired) electrons. The fraction of sp³-hybridized carbons (Fsp3) is 0.522. The first-order valence-electron chi connectivity index (χ1n) is 10.8. The molecule has 3 N–H and O–H groups in total. The standard InChI is InChI=1S/C23H30BrN3O4/c1-13(2)19(26-23(29)30-3)22(28)27-10-4-5-18(27)21-17-12-31-11-16(17)20(25-21)14-6-8-15(24)9-7-14/h6-9,13,18-19,22,25,28H,4-5,10-12H2,1-3H3,(H,26,29)/t18-,19-,22?/m0/s1. The predicted molar refractivity (Wildman–Crippen MR) is 121 cm³/mol. The van der Waals surface area contributed by atoms with Gasteiger partial charge in [-0.2, -0.15) is 0 Å². The molecule has 3 heterocycles. The maximum Gasteiger partial charge on any atom is 0.407 e. The van der Waals surface area contributed by atoms with E-state index in [0.29, 0.717) is 13.2 Å². The number of rotatable bonds is 6. The van der Waals surface area contributed by atoms with Crippen LogP contribution < -0.4 is 5.32 Å². The number of carbonyl (C=O) groups excluding carboxylic acids is 1. The zero-order valence-electron chi connectivity index (χ0n) is 18.2. The van der Waals surface area contributed by atoms with Gasteiger partial charge in [-0.15, -0.1) is 0 Å². The molecule has 0 aliphatic carbocycles. The van der Waals surface area contributed by atoms with Crippen LogP contribution >= 0.6 is 15.9 Å². The number of aliphatic hydroxyl groups excluding tert-OH is 1. The number of methoxy groups -OCH3 is 1. The predicted octanol–water partition coefficient (Wildman–Crippen LogP) is 4.31. The number of amides is 1. The van der Waals surface area contributed by atoms with E-state index in [1.165, 1.54) is 18.2 Å². The van der Waals surface area contributed by atoms with Gasteiger partial charge in [-0.05, 0) is 36.5 Å². The topological polar surface area (TPSA) is 86.8 Å². The van der Waals surface area contributed by atoms with Crippen molar-refractivity contribution < 1.29 is 19.4 Å². The first-order chi connectivity index (χ1) is 14.9. The van der Waals surface area contributed by atoms with Crippen LogP contribution in [0.25, 0.3) is 11.3 Å². The number of halogens is 1. The molecule has 2 aromatic rings. The fourth-order valence-electron chi connectivity index (χ4n) is 4.73. The van der Waals surface area contributed by atoms with Crippen molar-refractivity contribution in [3.8, 4) is 11.3 Å². The van der Waals surface area contributed by atoms with Crippen LogP contribution in [0.5, 0.6) is 0 Å². The van der Waals surface area contributed by atoms with Crippen molar-refractivity contribution in [2.45, 2.75) is 58.2 Å². The monoisotopic (exact) mass is 491 g/mol. The lowest BCUT2D eigenvalue weighted by atomic mass is 9.99. The zero-order valence-corrected chi connectivity index (χ0v) is 19.7. The van der Waals surface area contributed by atoms with Crippen molar-refractivity contribution in [2.75, 3.05) is 13.7 Å². The Labute approximate surface area is 191 Å². The Hall–Kier alpha value is -1.87. The lowest BCUT2D eigenvalue weighted by Gasteiger charge is -2.36. The minimum absolute atomic E-state index is 0.0374. The second-order valence-electron chi connectivity index (χ2n) is 8.59. The maximum absolute atomic E-state index is 11.8. The molecule has 8 heteroatoms. The van der Waals surface area contributed by atoms with E-state index < -0.39 is 18.4 Å². The van der Waals surface area contributed by atoms with E-state index in [0.717, 1.165) is 40.8 Å². The van der Waals surface area contributed by atoms with Gasteiger partial charge in [0, 0.05) is 27.8 Å². The summed E-state index contributed by atoms with van der Waals surface area (Å²) in [7, 11) is 1.34. The van der Waals surface area contributed by atoms with Gasteiger partial charge in [0.2, 0.25) is 0 Å². The second kappa shape index (κ2) is 9.32. The minimum atomic E-state index is -0.816. The number of nitrogens with zero attached hydrogens (tertiary/aromatic N) is 1. The van der Waals surface area contributed by atoms with Crippen molar-refractivity contribution in [2.24, 2.45) is 5.92 Å². The fourth-order valence-corrected chi connectivity index (χ4v) is 4.99. The van der Waals surface area contributed by atoms with Crippen LogP contribution in [0.1, 0.15) is 49.6 Å². The number of carbonyl (C=O) groups is 1. The molecule has 1 aromatic heterocycles. The summed E-state index contributed by atoms with van der Waals surface area (Å²) in [6.07, 6.45) is 0.573. The van der Waals surface area contributed by atoms with Crippen LogP contribution in [0.3, 0.4) is 0 Å². The Balaban J connectivity index is 1.65. The first-order valence-corrected chi connectivity index (χ1v) is 11.6. The van der Waals surface area contributed by atoms with Crippen molar-refractivity contribution in [1.29, 1.82) is 0 Å². The van der Waals surface area contributed by atoms with Gasteiger partial charge in [0.25, 0.3) is 0 Å². The molecule has 31 heavy (non-hydrogen) atoms. The largest absolute Gasteiger partial charge is 0.453 e. The van der Waals surface area contributed by atoms with E-state index in [2.05, 4.69) is 43.3 Å². The number of fused-ring (bicyclic) bond motifs is 1. The van der Waals surface area contributed by atoms with Gasteiger partial charge in [0.15, 0.2) is 0 Å². The third-order valence-electron chi connectivity index (χ3n) is 6.35. The smallest absolute Gasteiger partial charge is 0.407 e. The van der Waals surface area contributed by atoms with Gasteiger partial charge in [-0.1, -0.05) is 41.9 Å². The van der Waals surface area contributed by atoms with Crippen LogP contribution in [0.2, 0.25) is 0 Å². The third kappa shape index (κ3) is 4.39. The highest BCUT2D eigenvalue weighted by atomic mass is 79.9. The summed E-state index contributed by atoms with van der Waals surface area (Å²) in [4.78, 5) is 17.6. The molecule has 1 amide bonds. The molecular weight excluding hydrogens is 462 g/mol. The number of benzene rings is 1. The summed E-state index contributed by atoms with van der Waals surface area (Å²) < 4.78 is 11.6.